The number of benzene rings is 2. The molecule has 0 spiro atoms. The van der Waals surface area contributed by atoms with Crippen LogP contribution in [-0.2, 0) is 4.79 Å². The molecule has 0 aromatic heterocycles. The summed E-state index contributed by atoms with van der Waals surface area (Å²) in [5, 5.41) is 19.3. The monoisotopic (exact) mass is 334 g/mol. The zero-order valence-electron chi connectivity index (χ0n) is 11.0. The van der Waals surface area contributed by atoms with E-state index in [1.54, 1.807) is 31.2 Å². The van der Waals surface area contributed by atoms with Crippen LogP contribution in [0.5, 0.6) is 0 Å². The first-order valence-electron chi connectivity index (χ1n) is 6.25. The summed E-state index contributed by atoms with van der Waals surface area (Å²) in [5.74, 6) is -1.41. The maximum Gasteiger partial charge on any atom is 0.310 e. The van der Waals surface area contributed by atoms with E-state index in [0.717, 1.165) is 21.2 Å². The van der Waals surface area contributed by atoms with Crippen molar-refractivity contribution in [2.45, 2.75) is 18.9 Å². The van der Waals surface area contributed by atoms with Crippen molar-refractivity contribution >= 4 is 21.9 Å². The van der Waals surface area contributed by atoms with E-state index in [1.165, 1.54) is 0 Å². The maximum absolute atomic E-state index is 10.9. The molecule has 2 atom stereocenters. The van der Waals surface area contributed by atoms with Crippen LogP contribution in [0.3, 0.4) is 0 Å². The molecule has 4 heteroatoms. The van der Waals surface area contributed by atoms with Gasteiger partial charge in [0.25, 0.3) is 0 Å². The number of halogens is 1. The molecule has 0 amide bonds. The summed E-state index contributed by atoms with van der Waals surface area (Å²) in [6.07, 6.45) is -0.721. The van der Waals surface area contributed by atoms with Gasteiger partial charge in [-0.2, -0.15) is 0 Å². The van der Waals surface area contributed by atoms with Crippen molar-refractivity contribution in [2.24, 2.45) is 0 Å². The number of aliphatic carboxylic acids is 1. The van der Waals surface area contributed by atoms with Crippen LogP contribution in [0.25, 0.3) is 0 Å². The van der Waals surface area contributed by atoms with E-state index in [0.29, 0.717) is 0 Å². The van der Waals surface area contributed by atoms with Gasteiger partial charge in [-0.15, -0.1) is 0 Å². The molecule has 0 radical (unpaired) electrons. The fourth-order valence-corrected chi connectivity index (χ4v) is 2.40. The Bertz CT molecular complexity index is 607. The normalized spacial score (nSPS) is 13.8. The second-order valence-electron chi connectivity index (χ2n) is 4.68. The molecule has 0 fully saturated rings. The lowest BCUT2D eigenvalue weighted by Crippen LogP contribution is -2.07. The summed E-state index contributed by atoms with van der Waals surface area (Å²) in [7, 11) is 0. The van der Waals surface area contributed by atoms with E-state index in [-0.39, 0.29) is 0 Å². The highest BCUT2D eigenvalue weighted by Crippen LogP contribution is 2.26. The second-order valence-corrected chi connectivity index (χ2v) is 5.60. The lowest BCUT2D eigenvalue weighted by atomic mass is 9.96. The SMILES string of the molecule is CC(C(=O)O)c1ccc(C(O)c2cccc(Br)c2)cc1. The van der Waals surface area contributed by atoms with Crippen LogP contribution in [-0.4, -0.2) is 16.2 Å². The number of hydrogen-bond acceptors (Lipinski definition) is 2. The Morgan fingerprint density at radius 3 is 2.20 bits per heavy atom. The van der Waals surface area contributed by atoms with Crippen LogP contribution in [0.15, 0.2) is 53.0 Å². The molecule has 20 heavy (non-hydrogen) atoms. The fraction of sp³-hybridized carbons (Fsp3) is 0.188. The van der Waals surface area contributed by atoms with Crippen molar-refractivity contribution in [1.82, 2.24) is 0 Å². The van der Waals surface area contributed by atoms with Gasteiger partial charge in [0.2, 0.25) is 0 Å². The number of carboxylic acids is 1. The first-order valence-corrected chi connectivity index (χ1v) is 7.04. The second kappa shape index (κ2) is 6.20. The number of aliphatic hydroxyl groups is 1. The summed E-state index contributed by atoms with van der Waals surface area (Å²) < 4.78 is 0.908. The predicted molar refractivity (Wildman–Crippen MR) is 80.7 cm³/mol. The van der Waals surface area contributed by atoms with Crippen LogP contribution in [0.4, 0.5) is 0 Å². The summed E-state index contributed by atoms with van der Waals surface area (Å²) in [6, 6.07) is 14.5. The van der Waals surface area contributed by atoms with Gasteiger partial charge in [0.05, 0.1) is 5.92 Å². The predicted octanol–water partition coefficient (Wildman–Crippen LogP) is 3.72. The molecule has 2 aromatic carbocycles. The Balaban J connectivity index is 2.23. The van der Waals surface area contributed by atoms with Gasteiger partial charge in [-0.05, 0) is 35.7 Å². The highest BCUT2D eigenvalue weighted by molar-refractivity contribution is 9.10. The number of hydrogen-bond donors (Lipinski definition) is 2. The van der Waals surface area contributed by atoms with Crippen LogP contribution >= 0.6 is 15.9 Å². The smallest absolute Gasteiger partial charge is 0.310 e. The molecule has 2 N–H and O–H groups in total. The number of aliphatic hydroxyl groups excluding tert-OH is 1. The molecule has 0 aliphatic carbocycles. The molecule has 2 rings (SSSR count). The van der Waals surface area contributed by atoms with E-state index < -0.39 is 18.0 Å². The number of rotatable bonds is 4. The molecule has 0 saturated carbocycles. The molecular weight excluding hydrogens is 320 g/mol. The van der Waals surface area contributed by atoms with Gasteiger partial charge in [0.15, 0.2) is 0 Å². The van der Waals surface area contributed by atoms with Gasteiger partial charge < -0.3 is 10.2 Å². The Morgan fingerprint density at radius 1 is 1.05 bits per heavy atom. The Kier molecular flexibility index (Phi) is 4.57. The third-order valence-electron chi connectivity index (χ3n) is 3.29. The Hall–Kier alpha value is -1.65. The minimum absolute atomic E-state index is 0.549. The Morgan fingerprint density at radius 2 is 1.65 bits per heavy atom. The standard InChI is InChI=1S/C16H15BrO3/c1-10(16(19)20)11-5-7-12(8-6-11)15(18)13-3-2-4-14(17)9-13/h2-10,15,18H,1H3,(H,19,20). The zero-order chi connectivity index (χ0) is 14.7. The van der Waals surface area contributed by atoms with E-state index >= 15 is 0 Å². The molecule has 0 heterocycles. The third-order valence-corrected chi connectivity index (χ3v) is 3.78. The average Bonchev–Trinajstić information content (AvgIpc) is 2.46. The number of carbonyl (C=O) groups is 1. The highest BCUT2D eigenvalue weighted by Gasteiger charge is 2.15. The fourth-order valence-electron chi connectivity index (χ4n) is 1.98. The van der Waals surface area contributed by atoms with Gasteiger partial charge in [-0.3, -0.25) is 4.79 Å². The van der Waals surface area contributed by atoms with E-state index in [4.69, 9.17) is 5.11 Å². The molecule has 0 aliphatic heterocycles. The van der Waals surface area contributed by atoms with Crippen molar-refractivity contribution in [1.29, 1.82) is 0 Å². The first-order chi connectivity index (χ1) is 9.49. The molecule has 104 valence electrons. The van der Waals surface area contributed by atoms with Crippen LogP contribution in [0, 0.1) is 0 Å². The van der Waals surface area contributed by atoms with Crippen LogP contribution in [0.1, 0.15) is 35.6 Å². The molecule has 0 bridgehead atoms. The molecular formula is C16H15BrO3. The van der Waals surface area contributed by atoms with Crippen molar-refractivity contribution in [3.8, 4) is 0 Å². The van der Waals surface area contributed by atoms with Gasteiger partial charge in [0, 0.05) is 4.47 Å². The van der Waals surface area contributed by atoms with Crippen molar-refractivity contribution in [3.63, 3.8) is 0 Å². The minimum Gasteiger partial charge on any atom is -0.481 e. The zero-order valence-corrected chi connectivity index (χ0v) is 12.5. The molecule has 0 aliphatic rings. The van der Waals surface area contributed by atoms with Crippen molar-refractivity contribution in [3.05, 3.63) is 69.7 Å². The molecule has 2 unspecified atom stereocenters. The van der Waals surface area contributed by atoms with Gasteiger partial charge in [-0.1, -0.05) is 52.3 Å². The minimum atomic E-state index is -0.856. The molecule has 3 nitrogen and oxygen atoms in total. The Labute approximate surface area is 126 Å². The largest absolute Gasteiger partial charge is 0.481 e. The topological polar surface area (TPSA) is 57.5 Å². The molecule has 2 aromatic rings. The lowest BCUT2D eigenvalue weighted by Gasteiger charge is -2.13. The third kappa shape index (κ3) is 3.26. The molecule has 0 saturated heterocycles. The van der Waals surface area contributed by atoms with Crippen molar-refractivity contribution < 1.29 is 15.0 Å². The van der Waals surface area contributed by atoms with Gasteiger partial charge in [-0.25, -0.2) is 0 Å². The lowest BCUT2D eigenvalue weighted by molar-refractivity contribution is -0.138. The quantitative estimate of drug-likeness (QED) is 0.895. The maximum atomic E-state index is 10.9. The first kappa shape index (κ1) is 14.8. The van der Waals surface area contributed by atoms with Crippen LogP contribution < -0.4 is 0 Å². The van der Waals surface area contributed by atoms with E-state index in [2.05, 4.69) is 15.9 Å². The van der Waals surface area contributed by atoms with Crippen molar-refractivity contribution in [2.75, 3.05) is 0 Å². The average molecular weight is 335 g/mol. The van der Waals surface area contributed by atoms with Gasteiger partial charge in [0.1, 0.15) is 6.10 Å². The van der Waals surface area contributed by atoms with Gasteiger partial charge >= 0.3 is 5.97 Å². The van der Waals surface area contributed by atoms with E-state index in [1.807, 2.05) is 24.3 Å². The number of carboxylic acid groups (broad SMARTS) is 1. The summed E-state index contributed by atoms with van der Waals surface area (Å²) in [5.41, 5.74) is 2.26. The highest BCUT2D eigenvalue weighted by atomic mass is 79.9. The summed E-state index contributed by atoms with van der Waals surface area (Å²) in [6.45, 7) is 1.64. The summed E-state index contributed by atoms with van der Waals surface area (Å²) in [4.78, 5) is 10.9. The van der Waals surface area contributed by atoms with Crippen LogP contribution in [0.2, 0.25) is 0 Å². The van der Waals surface area contributed by atoms with E-state index in [9.17, 15) is 9.90 Å². The summed E-state index contributed by atoms with van der Waals surface area (Å²) >= 11 is 3.37.